The van der Waals surface area contributed by atoms with Gasteiger partial charge in [0.15, 0.2) is 0 Å². The van der Waals surface area contributed by atoms with Crippen molar-refractivity contribution in [2.24, 2.45) is 5.41 Å². The predicted molar refractivity (Wildman–Crippen MR) is 74.1 cm³/mol. The maximum Gasteiger partial charge on any atom is 0.242 e. The second kappa shape index (κ2) is 5.92. The molecule has 1 aromatic rings. The molecule has 0 aliphatic carbocycles. The molecule has 0 atom stereocenters. The molecule has 0 saturated heterocycles. The zero-order valence-electron chi connectivity index (χ0n) is 11.2. The number of benzene rings is 1. The first-order chi connectivity index (χ1) is 8.40. The number of hydrogen-bond acceptors (Lipinski definition) is 3. The smallest absolute Gasteiger partial charge is 0.242 e. The minimum atomic E-state index is -0.964. The maximum absolute atomic E-state index is 12.0. The average Bonchev–Trinajstić information content (AvgIpc) is 2.38. The molecule has 0 saturated carbocycles. The maximum atomic E-state index is 12.0. The second-order valence-corrected chi connectivity index (χ2v) is 5.63. The first-order valence-corrected chi connectivity index (χ1v) is 6.93. The summed E-state index contributed by atoms with van der Waals surface area (Å²) in [5.41, 5.74) is 0.103. The van der Waals surface area contributed by atoms with E-state index in [9.17, 15) is 4.79 Å². The predicted octanol–water partition coefficient (Wildman–Crippen LogP) is 2.92. The Hall–Kier alpha value is -1.47. The zero-order chi connectivity index (χ0) is 13.8. The first-order valence-electron chi connectivity index (χ1n) is 5.70. The van der Waals surface area contributed by atoms with Gasteiger partial charge in [-0.05, 0) is 37.8 Å². The van der Waals surface area contributed by atoms with E-state index in [1.807, 2.05) is 36.6 Å². The van der Waals surface area contributed by atoms with Crippen LogP contribution in [0.1, 0.15) is 19.4 Å². The molecule has 0 fully saturated rings. The van der Waals surface area contributed by atoms with E-state index in [1.54, 1.807) is 37.6 Å². The molecule has 0 aliphatic rings. The van der Waals surface area contributed by atoms with Crippen molar-refractivity contribution >= 4 is 17.7 Å². The van der Waals surface area contributed by atoms with Crippen LogP contribution < -0.4 is 0 Å². The van der Waals surface area contributed by atoms with Gasteiger partial charge in [0.2, 0.25) is 5.91 Å². The highest BCUT2D eigenvalue weighted by atomic mass is 32.2. The van der Waals surface area contributed by atoms with Gasteiger partial charge in [0.1, 0.15) is 5.41 Å². The minimum absolute atomic E-state index is 0.154. The van der Waals surface area contributed by atoms with Crippen molar-refractivity contribution in [3.63, 3.8) is 0 Å². The Kier molecular flexibility index (Phi) is 4.80. The Morgan fingerprint density at radius 2 is 1.94 bits per heavy atom. The summed E-state index contributed by atoms with van der Waals surface area (Å²) < 4.78 is 0. The summed E-state index contributed by atoms with van der Waals surface area (Å²) in [5, 5.41) is 8.95. The third-order valence-electron chi connectivity index (χ3n) is 2.74. The fourth-order valence-corrected chi connectivity index (χ4v) is 2.01. The molecule has 0 bridgehead atoms. The topological polar surface area (TPSA) is 44.1 Å². The summed E-state index contributed by atoms with van der Waals surface area (Å²) in [6.07, 6.45) is 2.03. The molecule has 1 aromatic carbocycles. The van der Waals surface area contributed by atoms with E-state index in [0.717, 1.165) is 5.56 Å². The number of thioether (sulfide) groups is 1. The quantitative estimate of drug-likeness (QED) is 0.784. The number of amides is 1. The van der Waals surface area contributed by atoms with Gasteiger partial charge in [-0.15, -0.1) is 11.8 Å². The van der Waals surface area contributed by atoms with Crippen molar-refractivity contribution in [1.29, 1.82) is 5.26 Å². The SMILES string of the molecule is CSc1ccc(CN(C)C(=O)C(C)(C)C#N)cc1. The third kappa shape index (κ3) is 3.51. The lowest BCUT2D eigenvalue weighted by molar-refractivity contribution is -0.136. The monoisotopic (exact) mass is 262 g/mol. The van der Waals surface area contributed by atoms with Crippen LogP contribution >= 0.6 is 11.8 Å². The van der Waals surface area contributed by atoms with E-state index >= 15 is 0 Å². The number of rotatable bonds is 4. The molecule has 96 valence electrons. The van der Waals surface area contributed by atoms with Crippen molar-refractivity contribution < 1.29 is 4.79 Å². The average molecular weight is 262 g/mol. The molecule has 1 amide bonds. The van der Waals surface area contributed by atoms with E-state index in [-0.39, 0.29) is 5.91 Å². The van der Waals surface area contributed by atoms with Crippen LogP contribution in [0.4, 0.5) is 0 Å². The molecule has 18 heavy (non-hydrogen) atoms. The zero-order valence-corrected chi connectivity index (χ0v) is 12.0. The van der Waals surface area contributed by atoms with Crippen molar-refractivity contribution in [2.45, 2.75) is 25.3 Å². The lowest BCUT2D eigenvalue weighted by atomic mass is 9.94. The molecule has 1 rings (SSSR count). The molecule has 3 nitrogen and oxygen atoms in total. The van der Waals surface area contributed by atoms with Crippen LogP contribution in [0.5, 0.6) is 0 Å². The molecular formula is C14H18N2OS. The fourth-order valence-electron chi connectivity index (χ4n) is 1.60. The van der Waals surface area contributed by atoms with E-state index in [4.69, 9.17) is 5.26 Å². The van der Waals surface area contributed by atoms with Gasteiger partial charge in [0.25, 0.3) is 0 Å². The summed E-state index contributed by atoms with van der Waals surface area (Å²) in [6.45, 7) is 3.81. The molecule has 0 N–H and O–H groups in total. The second-order valence-electron chi connectivity index (χ2n) is 4.75. The molecule has 0 radical (unpaired) electrons. The van der Waals surface area contributed by atoms with Crippen LogP contribution in [-0.2, 0) is 11.3 Å². The molecular weight excluding hydrogens is 244 g/mol. The van der Waals surface area contributed by atoms with Crippen molar-refractivity contribution in [1.82, 2.24) is 4.90 Å². The number of carbonyl (C=O) groups is 1. The Bertz CT molecular complexity index is 460. The standard InChI is InChI=1S/C14H18N2OS/c1-14(2,10-15)13(17)16(3)9-11-5-7-12(18-4)8-6-11/h5-8H,9H2,1-4H3. The van der Waals surface area contributed by atoms with E-state index in [2.05, 4.69) is 0 Å². The summed E-state index contributed by atoms with van der Waals surface area (Å²) in [7, 11) is 1.73. The van der Waals surface area contributed by atoms with Crippen molar-refractivity contribution in [2.75, 3.05) is 13.3 Å². The number of nitrogens with zero attached hydrogens (tertiary/aromatic N) is 2. The van der Waals surface area contributed by atoms with Gasteiger partial charge in [-0.3, -0.25) is 4.79 Å². The van der Waals surface area contributed by atoms with Gasteiger partial charge in [-0.25, -0.2) is 0 Å². The van der Waals surface area contributed by atoms with Crippen molar-refractivity contribution in [3.05, 3.63) is 29.8 Å². The summed E-state index contributed by atoms with van der Waals surface area (Å²) in [6, 6.07) is 10.1. The highest BCUT2D eigenvalue weighted by Gasteiger charge is 2.30. The fraction of sp³-hybridized carbons (Fsp3) is 0.429. The molecule has 0 aromatic heterocycles. The Morgan fingerprint density at radius 1 is 1.39 bits per heavy atom. The highest BCUT2D eigenvalue weighted by molar-refractivity contribution is 7.98. The minimum Gasteiger partial charge on any atom is -0.340 e. The summed E-state index contributed by atoms with van der Waals surface area (Å²) in [5.74, 6) is -0.154. The Morgan fingerprint density at radius 3 is 2.39 bits per heavy atom. The van der Waals surface area contributed by atoms with Gasteiger partial charge in [0, 0.05) is 18.5 Å². The molecule has 0 heterocycles. The van der Waals surface area contributed by atoms with Gasteiger partial charge >= 0.3 is 0 Å². The Labute approximate surface area is 113 Å². The largest absolute Gasteiger partial charge is 0.340 e. The van der Waals surface area contributed by atoms with E-state index < -0.39 is 5.41 Å². The van der Waals surface area contributed by atoms with Crippen LogP contribution in [0.25, 0.3) is 0 Å². The third-order valence-corrected chi connectivity index (χ3v) is 3.48. The summed E-state index contributed by atoms with van der Waals surface area (Å²) >= 11 is 1.69. The number of nitriles is 1. The van der Waals surface area contributed by atoms with Crippen LogP contribution in [0.2, 0.25) is 0 Å². The molecule has 0 aliphatic heterocycles. The molecule has 0 unspecified atom stereocenters. The van der Waals surface area contributed by atoms with Gasteiger partial charge in [-0.1, -0.05) is 12.1 Å². The van der Waals surface area contributed by atoms with E-state index in [0.29, 0.717) is 6.54 Å². The normalized spacial score (nSPS) is 10.8. The van der Waals surface area contributed by atoms with Gasteiger partial charge in [-0.2, -0.15) is 5.26 Å². The lowest BCUT2D eigenvalue weighted by Gasteiger charge is -2.24. The van der Waals surface area contributed by atoms with E-state index in [1.165, 1.54) is 4.90 Å². The van der Waals surface area contributed by atoms with Crippen LogP contribution in [0.15, 0.2) is 29.2 Å². The van der Waals surface area contributed by atoms with Gasteiger partial charge in [0.05, 0.1) is 6.07 Å². The van der Waals surface area contributed by atoms with Crippen LogP contribution in [0.3, 0.4) is 0 Å². The van der Waals surface area contributed by atoms with Gasteiger partial charge < -0.3 is 4.90 Å². The first kappa shape index (κ1) is 14.6. The summed E-state index contributed by atoms with van der Waals surface area (Å²) in [4.78, 5) is 14.8. The number of carbonyl (C=O) groups excluding carboxylic acids is 1. The lowest BCUT2D eigenvalue weighted by Crippen LogP contribution is -2.37. The highest BCUT2D eigenvalue weighted by Crippen LogP contribution is 2.19. The van der Waals surface area contributed by atoms with Crippen molar-refractivity contribution in [3.8, 4) is 6.07 Å². The molecule has 4 heteroatoms. The molecule has 0 spiro atoms. The Balaban J connectivity index is 2.73. The van der Waals surface area contributed by atoms with Crippen LogP contribution in [-0.4, -0.2) is 24.1 Å². The number of hydrogen-bond donors (Lipinski definition) is 0. The van der Waals surface area contributed by atoms with Crippen LogP contribution in [0, 0.1) is 16.7 Å².